The number of ether oxygens (including phenoxy) is 1. The highest BCUT2D eigenvalue weighted by Crippen LogP contribution is 2.07. The van der Waals surface area contributed by atoms with Gasteiger partial charge in [0.25, 0.3) is 0 Å². The van der Waals surface area contributed by atoms with Crippen LogP contribution in [0.4, 0.5) is 0 Å². The molecule has 0 spiro atoms. The van der Waals surface area contributed by atoms with Gasteiger partial charge in [-0.05, 0) is 12.1 Å². The molecule has 1 saturated heterocycles. The van der Waals surface area contributed by atoms with E-state index in [-0.39, 0.29) is 0 Å². The number of aromatic nitrogens is 1. The van der Waals surface area contributed by atoms with Crippen LogP contribution < -0.4 is 5.32 Å². The third-order valence-electron chi connectivity index (χ3n) is 2.49. The number of aryl methyl sites for hydroxylation is 1. The fourth-order valence-electron chi connectivity index (χ4n) is 1.69. The van der Waals surface area contributed by atoms with Gasteiger partial charge in [-0.1, -0.05) is 0 Å². The molecule has 2 heterocycles. The van der Waals surface area contributed by atoms with Crippen molar-refractivity contribution in [1.29, 1.82) is 0 Å². The highest BCUT2D eigenvalue weighted by Gasteiger charge is 2.14. The summed E-state index contributed by atoms with van der Waals surface area (Å²) in [6.07, 6.45) is 3.43. The Hall–Kier alpha value is -0.800. The molecule has 1 aliphatic heterocycles. The molecule has 2 rings (SSSR count). The van der Waals surface area contributed by atoms with Crippen molar-refractivity contribution >= 4 is 0 Å². The predicted octanol–water partition coefficient (Wildman–Crippen LogP) is 0.556. The molecule has 0 radical (unpaired) electrons. The second-order valence-electron chi connectivity index (χ2n) is 3.51. The van der Waals surface area contributed by atoms with Gasteiger partial charge in [0.15, 0.2) is 0 Å². The smallest absolute Gasteiger partial charge is 0.0754 e. The first kappa shape index (κ1) is 8.78. The molecule has 1 N–H and O–H groups in total. The minimum atomic E-state index is 0.349. The standard InChI is InChI=1S/C10H16N2O/c1-12-5-2-3-9(12)7-10-8-11-4-6-13-10/h2-3,5,10-11H,4,6-8H2,1H3. The van der Waals surface area contributed by atoms with Gasteiger partial charge in [0.05, 0.1) is 12.7 Å². The van der Waals surface area contributed by atoms with E-state index in [1.807, 2.05) is 0 Å². The average molecular weight is 180 g/mol. The minimum absolute atomic E-state index is 0.349. The molecule has 0 amide bonds. The molecule has 0 bridgehead atoms. The summed E-state index contributed by atoms with van der Waals surface area (Å²) in [5.74, 6) is 0. The summed E-state index contributed by atoms with van der Waals surface area (Å²) in [4.78, 5) is 0. The van der Waals surface area contributed by atoms with E-state index in [1.54, 1.807) is 0 Å². The summed E-state index contributed by atoms with van der Waals surface area (Å²) in [5, 5.41) is 3.33. The van der Waals surface area contributed by atoms with Crippen molar-refractivity contribution in [2.45, 2.75) is 12.5 Å². The van der Waals surface area contributed by atoms with Crippen LogP contribution in [-0.4, -0.2) is 30.4 Å². The molecule has 1 fully saturated rings. The van der Waals surface area contributed by atoms with E-state index in [0.717, 1.165) is 26.1 Å². The molecule has 72 valence electrons. The highest BCUT2D eigenvalue weighted by atomic mass is 16.5. The Morgan fingerprint density at radius 3 is 3.23 bits per heavy atom. The SMILES string of the molecule is Cn1cccc1CC1CNCCO1. The van der Waals surface area contributed by atoms with Gasteiger partial charge in [-0.3, -0.25) is 0 Å². The van der Waals surface area contributed by atoms with E-state index >= 15 is 0 Å². The number of nitrogens with one attached hydrogen (secondary N) is 1. The second-order valence-corrected chi connectivity index (χ2v) is 3.51. The van der Waals surface area contributed by atoms with Crippen molar-refractivity contribution in [3.05, 3.63) is 24.0 Å². The molecular weight excluding hydrogens is 164 g/mol. The summed E-state index contributed by atoms with van der Waals surface area (Å²) in [6.45, 7) is 2.81. The van der Waals surface area contributed by atoms with E-state index < -0.39 is 0 Å². The first-order chi connectivity index (χ1) is 6.36. The van der Waals surface area contributed by atoms with Crippen molar-refractivity contribution in [2.75, 3.05) is 19.7 Å². The third-order valence-corrected chi connectivity index (χ3v) is 2.49. The maximum absolute atomic E-state index is 5.63. The van der Waals surface area contributed by atoms with E-state index in [1.165, 1.54) is 5.69 Å². The zero-order chi connectivity index (χ0) is 9.10. The molecule has 1 aromatic heterocycles. The molecule has 1 unspecified atom stereocenters. The average Bonchev–Trinajstić information content (AvgIpc) is 2.54. The quantitative estimate of drug-likeness (QED) is 0.719. The Labute approximate surface area is 78.7 Å². The Morgan fingerprint density at radius 1 is 1.69 bits per heavy atom. The normalized spacial score (nSPS) is 23.3. The molecular formula is C10H16N2O. The van der Waals surface area contributed by atoms with Crippen LogP contribution in [-0.2, 0) is 18.2 Å². The Bertz CT molecular complexity index is 264. The maximum atomic E-state index is 5.63. The maximum Gasteiger partial charge on any atom is 0.0754 e. The number of hydrogen-bond acceptors (Lipinski definition) is 2. The first-order valence-electron chi connectivity index (χ1n) is 4.79. The highest BCUT2D eigenvalue weighted by molar-refractivity contribution is 5.07. The fraction of sp³-hybridized carbons (Fsp3) is 0.600. The summed E-state index contributed by atoms with van der Waals surface area (Å²) in [7, 11) is 2.07. The zero-order valence-electron chi connectivity index (χ0n) is 7.99. The van der Waals surface area contributed by atoms with Gasteiger partial charge in [0.2, 0.25) is 0 Å². The molecule has 13 heavy (non-hydrogen) atoms. The first-order valence-corrected chi connectivity index (χ1v) is 4.79. The summed E-state index contributed by atoms with van der Waals surface area (Å²) in [6, 6.07) is 4.23. The number of morpholine rings is 1. The van der Waals surface area contributed by atoms with Crippen LogP contribution >= 0.6 is 0 Å². The van der Waals surface area contributed by atoms with E-state index in [4.69, 9.17) is 4.74 Å². The lowest BCUT2D eigenvalue weighted by Gasteiger charge is -2.23. The van der Waals surface area contributed by atoms with Crippen LogP contribution in [0.5, 0.6) is 0 Å². The predicted molar refractivity (Wildman–Crippen MR) is 51.7 cm³/mol. The molecule has 1 aromatic rings. The van der Waals surface area contributed by atoms with E-state index in [9.17, 15) is 0 Å². The third kappa shape index (κ3) is 2.11. The topological polar surface area (TPSA) is 26.2 Å². The molecule has 0 aliphatic carbocycles. The van der Waals surface area contributed by atoms with Crippen LogP contribution in [0.3, 0.4) is 0 Å². The van der Waals surface area contributed by atoms with Crippen LogP contribution in [0.15, 0.2) is 18.3 Å². The van der Waals surface area contributed by atoms with Crippen molar-refractivity contribution in [1.82, 2.24) is 9.88 Å². The number of rotatable bonds is 2. The molecule has 0 aromatic carbocycles. The lowest BCUT2D eigenvalue weighted by molar-refractivity contribution is 0.0283. The van der Waals surface area contributed by atoms with Gasteiger partial charge >= 0.3 is 0 Å². The van der Waals surface area contributed by atoms with Crippen LogP contribution in [0.25, 0.3) is 0 Å². The van der Waals surface area contributed by atoms with Crippen molar-refractivity contribution in [3.8, 4) is 0 Å². The summed E-state index contributed by atoms with van der Waals surface area (Å²) in [5.41, 5.74) is 1.34. The molecule has 0 saturated carbocycles. The van der Waals surface area contributed by atoms with Crippen molar-refractivity contribution in [2.24, 2.45) is 7.05 Å². The fourth-order valence-corrected chi connectivity index (χ4v) is 1.69. The van der Waals surface area contributed by atoms with Gasteiger partial charge in [-0.25, -0.2) is 0 Å². The van der Waals surface area contributed by atoms with Gasteiger partial charge in [0, 0.05) is 38.4 Å². The van der Waals surface area contributed by atoms with Gasteiger partial charge in [0.1, 0.15) is 0 Å². The number of nitrogens with zero attached hydrogens (tertiary/aromatic N) is 1. The van der Waals surface area contributed by atoms with E-state index in [2.05, 4.69) is 35.3 Å². The van der Waals surface area contributed by atoms with Crippen molar-refractivity contribution in [3.63, 3.8) is 0 Å². The van der Waals surface area contributed by atoms with Gasteiger partial charge < -0.3 is 14.6 Å². The number of hydrogen-bond donors (Lipinski definition) is 1. The largest absolute Gasteiger partial charge is 0.375 e. The second kappa shape index (κ2) is 3.94. The molecule has 3 nitrogen and oxygen atoms in total. The van der Waals surface area contributed by atoms with Crippen LogP contribution in [0.1, 0.15) is 5.69 Å². The molecule has 1 atom stereocenters. The monoisotopic (exact) mass is 180 g/mol. The van der Waals surface area contributed by atoms with Gasteiger partial charge in [-0.2, -0.15) is 0 Å². The van der Waals surface area contributed by atoms with Gasteiger partial charge in [-0.15, -0.1) is 0 Å². The lowest BCUT2D eigenvalue weighted by Crippen LogP contribution is -2.39. The lowest BCUT2D eigenvalue weighted by atomic mass is 10.2. The molecule has 1 aliphatic rings. The zero-order valence-corrected chi connectivity index (χ0v) is 7.99. The van der Waals surface area contributed by atoms with E-state index in [0.29, 0.717) is 6.10 Å². The van der Waals surface area contributed by atoms with Crippen LogP contribution in [0.2, 0.25) is 0 Å². The van der Waals surface area contributed by atoms with Crippen molar-refractivity contribution < 1.29 is 4.74 Å². The summed E-state index contributed by atoms with van der Waals surface area (Å²) >= 11 is 0. The Morgan fingerprint density at radius 2 is 2.62 bits per heavy atom. The van der Waals surface area contributed by atoms with Crippen LogP contribution in [0, 0.1) is 0 Å². The summed E-state index contributed by atoms with van der Waals surface area (Å²) < 4.78 is 7.78. The Balaban J connectivity index is 1.93. The Kier molecular flexibility index (Phi) is 2.66. The molecule has 3 heteroatoms. The minimum Gasteiger partial charge on any atom is -0.375 e.